The smallest absolute Gasteiger partial charge is 0.415 e. The lowest BCUT2D eigenvalue weighted by atomic mass is 10.0. The molecule has 7 amide bonds. The van der Waals surface area contributed by atoms with Gasteiger partial charge in [-0.15, -0.1) is 0 Å². The molecule has 316 valence electrons. The van der Waals surface area contributed by atoms with Crippen molar-refractivity contribution in [3.05, 3.63) is 42.0 Å². The van der Waals surface area contributed by atoms with Crippen LogP contribution in [0.2, 0.25) is 0 Å². The molecule has 19 nitrogen and oxygen atoms in total. The Balaban J connectivity index is 1.65. The first kappa shape index (κ1) is 47.8. The predicted molar refractivity (Wildman–Crippen MR) is 206 cm³/mol. The maximum absolute atomic E-state index is 13.2. The van der Waals surface area contributed by atoms with Crippen molar-refractivity contribution in [2.75, 3.05) is 101 Å². The third-order valence-corrected chi connectivity index (χ3v) is 8.68. The molecule has 2 rings (SSSR count). The Morgan fingerprint density at radius 3 is 2.05 bits per heavy atom. The maximum Gasteiger partial charge on any atom is 0.415 e. The molecule has 1 atom stereocenters. The number of benzene rings is 1. The monoisotopic (exact) mass is 803 g/mol. The lowest BCUT2D eigenvalue weighted by Crippen LogP contribution is -2.46. The number of imide groups is 1. The van der Waals surface area contributed by atoms with Crippen molar-refractivity contribution in [1.82, 2.24) is 35.1 Å². The van der Waals surface area contributed by atoms with Gasteiger partial charge in [0.15, 0.2) is 5.78 Å². The fourth-order valence-corrected chi connectivity index (χ4v) is 5.05. The van der Waals surface area contributed by atoms with E-state index in [0.717, 1.165) is 17.1 Å². The zero-order valence-electron chi connectivity index (χ0n) is 33.8. The van der Waals surface area contributed by atoms with Crippen molar-refractivity contribution in [3.8, 4) is 5.75 Å². The molecule has 1 heterocycles. The molecular weight excluding hydrogens is 746 g/mol. The van der Waals surface area contributed by atoms with Gasteiger partial charge in [0.1, 0.15) is 19.0 Å². The number of Topliss-reactive ketones (excluding diaryl/α,β-unsaturated/α-hetero) is 1. The number of unbranched alkanes of at least 4 members (excludes halogenated alkanes) is 1. The minimum absolute atomic E-state index is 0.00519. The molecule has 0 saturated carbocycles. The van der Waals surface area contributed by atoms with Crippen LogP contribution in [-0.2, 0) is 49.6 Å². The van der Waals surface area contributed by atoms with Crippen LogP contribution >= 0.6 is 0 Å². The highest BCUT2D eigenvalue weighted by molar-refractivity contribution is 6.13. The Morgan fingerprint density at radius 1 is 0.754 bits per heavy atom. The Kier molecular flexibility index (Phi) is 21.5. The lowest BCUT2D eigenvalue weighted by molar-refractivity contribution is -0.143. The van der Waals surface area contributed by atoms with Crippen molar-refractivity contribution in [2.24, 2.45) is 0 Å². The second kappa shape index (κ2) is 25.7. The summed E-state index contributed by atoms with van der Waals surface area (Å²) in [5.74, 6) is -2.11. The van der Waals surface area contributed by atoms with Gasteiger partial charge in [0.2, 0.25) is 17.7 Å². The normalized spacial score (nSPS) is 12.6. The number of carbonyl (C=O) groups is 8. The molecule has 0 fully saturated rings. The number of nitrogens with zero attached hydrogens (tertiary/aromatic N) is 5. The van der Waals surface area contributed by atoms with E-state index in [4.69, 9.17) is 18.9 Å². The molecule has 19 heteroatoms. The molecule has 0 radical (unpaired) electrons. The van der Waals surface area contributed by atoms with Gasteiger partial charge in [-0.2, -0.15) is 0 Å². The molecule has 0 saturated heterocycles. The van der Waals surface area contributed by atoms with Crippen LogP contribution in [-0.4, -0.2) is 179 Å². The van der Waals surface area contributed by atoms with Gasteiger partial charge in [-0.1, -0.05) is 12.1 Å². The van der Waals surface area contributed by atoms with Crippen molar-refractivity contribution < 1.29 is 57.3 Å². The van der Waals surface area contributed by atoms with Crippen LogP contribution in [0.1, 0.15) is 37.7 Å². The molecular formula is C38H57N7O12. The first-order chi connectivity index (χ1) is 27.1. The Morgan fingerprint density at radius 2 is 1.40 bits per heavy atom. The number of ether oxygens (including phenoxy) is 4. The average molecular weight is 804 g/mol. The molecule has 1 aliphatic rings. The largest absolute Gasteiger partial charge is 0.445 e. The summed E-state index contributed by atoms with van der Waals surface area (Å²) in [4.78, 5) is 105. The van der Waals surface area contributed by atoms with Gasteiger partial charge in [0.25, 0.3) is 11.8 Å². The van der Waals surface area contributed by atoms with E-state index in [1.807, 2.05) is 19.0 Å². The van der Waals surface area contributed by atoms with Crippen LogP contribution in [0.5, 0.6) is 5.75 Å². The molecule has 0 unspecified atom stereocenters. The van der Waals surface area contributed by atoms with Gasteiger partial charge < -0.3 is 49.2 Å². The molecule has 1 aliphatic heterocycles. The van der Waals surface area contributed by atoms with Crippen LogP contribution in [0, 0.1) is 0 Å². The van der Waals surface area contributed by atoms with Crippen molar-refractivity contribution in [1.29, 1.82) is 0 Å². The summed E-state index contributed by atoms with van der Waals surface area (Å²) >= 11 is 0. The zero-order chi connectivity index (χ0) is 42.3. The van der Waals surface area contributed by atoms with Crippen molar-refractivity contribution >= 4 is 47.5 Å². The van der Waals surface area contributed by atoms with E-state index in [2.05, 4.69) is 10.6 Å². The quantitative estimate of drug-likeness (QED) is 0.0961. The molecule has 1 aromatic carbocycles. The highest BCUT2D eigenvalue weighted by atomic mass is 16.6. The van der Waals surface area contributed by atoms with Crippen LogP contribution in [0.25, 0.3) is 0 Å². The van der Waals surface area contributed by atoms with Gasteiger partial charge in [-0.3, -0.25) is 33.7 Å². The van der Waals surface area contributed by atoms with E-state index in [9.17, 15) is 38.4 Å². The molecule has 1 aromatic rings. The van der Waals surface area contributed by atoms with E-state index in [0.29, 0.717) is 43.8 Å². The molecule has 0 bridgehead atoms. The van der Waals surface area contributed by atoms with Gasteiger partial charge >= 0.3 is 12.2 Å². The minimum Gasteiger partial charge on any atom is -0.445 e. The fourth-order valence-electron chi connectivity index (χ4n) is 5.05. The predicted octanol–water partition coefficient (Wildman–Crippen LogP) is 0.414. The van der Waals surface area contributed by atoms with Gasteiger partial charge in [0.05, 0.1) is 32.3 Å². The number of nitrogens with one attached hydrogen (secondary N) is 2. The zero-order valence-corrected chi connectivity index (χ0v) is 33.8. The topological polar surface area (TPSA) is 214 Å². The van der Waals surface area contributed by atoms with Crippen LogP contribution < -0.4 is 15.4 Å². The Hall–Kier alpha value is -5.40. The first-order valence-electron chi connectivity index (χ1n) is 18.6. The van der Waals surface area contributed by atoms with E-state index < -0.39 is 41.9 Å². The third-order valence-electron chi connectivity index (χ3n) is 8.68. The standard InChI is InChI=1S/C38H57N7O12/c1-39-33(48)25-30(44(6)36(51)27-55-24-23-54-22-17-40-32(47)16-19-45-34(49)14-15-35(45)50)31(46)9-7-8-18-42(4)37(52)56-26-28-10-12-29(13-11-28)57-38(53)43(5)21-20-41(2)3/h10-15,30H,7-9,16-27H2,1-6H3,(H,39,48)(H,40,47)/t30-/m0/s1. The number of rotatable bonds is 26. The number of hydrogen-bond donors (Lipinski definition) is 2. The van der Waals surface area contributed by atoms with E-state index in [-0.39, 0.29) is 77.1 Å². The summed E-state index contributed by atoms with van der Waals surface area (Å²) in [6, 6.07) is 5.62. The summed E-state index contributed by atoms with van der Waals surface area (Å²) in [6.07, 6.45) is 1.95. The molecule has 57 heavy (non-hydrogen) atoms. The molecule has 0 spiro atoms. The summed E-state index contributed by atoms with van der Waals surface area (Å²) in [7, 11) is 9.93. The number of amides is 7. The number of hydrogen-bond acceptors (Lipinski definition) is 13. The van der Waals surface area contributed by atoms with Crippen LogP contribution in [0.4, 0.5) is 9.59 Å². The molecule has 0 aliphatic carbocycles. The maximum atomic E-state index is 13.2. The van der Waals surface area contributed by atoms with Crippen LogP contribution in [0.3, 0.4) is 0 Å². The second-order valence-electron chi connectivity index (χ2n) is 13.5. The SMILES string of the molecule is CNC(=O)C[C@@H](C(=O)CCCCN(C)C(=O)OCc1ccc(OC(=O)N(C)CCN(C)C)cc1)N(C)C(=O)COCCOCCNC(=O)CCN1C(=O)C=CC1=O. The molecule has 0 aromatic heterocycles. The van der Waals surface area contributed by atoms with Gasteiger partial charge in [0, 0.05) is 85.9 Å². The van der Waals surface area contributed by atoms with Crippen molar-refractivity contribution in [3.63, 3.8) is 0 Å². The highest BCUT2D eigenvalue weighted by Gasteiger charge is 2.29. The van der Waals surface area contributed by atoms with Crippen molar-refractivity contribution in [2.45, 2.75) is 44.8 Å². The summed E-state index contributed by atoms with van der Waals surface area (Å²) in [6.45, 7) is 1.70. The number of carbonyl (C=O) groups excluding carboxylic acids is 8. The first-order valence-corrected chi connectivity index (χ1v) is 18.6. The third kappa shape index (κ3) is 18.4. The summed E-state index contributed by atoms with van der Waals surface area (Å²) in [5.41, 5.74) is 0.699. The van der Waals surface area contributed by atoms with Gasteiger partial charge in [-0.25, -0.2) is 9.59 Å². The van der Waals surface area contributed by atoms with Gasteiger partial charge in [-0.05, 0) is 44.6 Å². The van der Waals surface area contributed by atoms with E-state index in [1.165, 1.54) is 28.8 Å². The summed E-state index contributed by atoms with van der Waals surface area (Å²) in [5, 5.41) is 5.09. The minimum atomic E-state index is -1.01. The average Bonchev–Trinajstić information content (AvgIpc) is 3.51. The van der Waals surface area contributed by atoms with Crippen LogP contribution in [0.15, 0.2) is 36.4 Å². The van der Waals surface area contributed by atoms with E-state index in [1.54, 1.807) is 38.4 Å². The Labute approximate surface area is 333 Å². The lowest BCUT2D eigenvalue weighted by Gasteiger charge is -2.27. The Bertz CT molecular complexity index is 1530. The highest BCUT2D eigenvalue weighted by Crippen LogP contribution is 2.15. The second-order valence-corrected chi connectivity index (χ2v) is 13.5. The number of ketones is 1. The van der Waals surface area contributed by atoms with E-state index >= 15 is 0 Å². The number of likely N-dealkylation sites (N-methyl/N-ethyl adjacent to an activating group) is 3. The summed E-state index contributed by atoms with van der Waals surface area (Å²) < 4.78 is 21.6. The molecule has 2 N–H and O–H groups in total. The fraction of sp³-hybridized carbons (Fsp3) is 0.579.